The molecule has 0 unspecified atom stereocenters. The molecule has 0 bridgehead atoms. The summed E-state index contributed by atoms with van der Waals surface area (Å²) in [4.78, 5) is 30.1. The van der Waals surface area contributed by atoms with E-state index in [1.165, 1.54) is 0 Å². The number of esters is 1. The van der Waals surface area contributed by atoms with Crippen LogP contribution < -0.4 is 14.8 Å². The zero-order valence-electron chi connectivity index (χ0n) is 19.8. The Labute approximate surface area is 203 Å². The number of amides is 1. The Kier molecular flexibility index (Phi) is 7.26. The summed E-state index contributed by atoms with van der Waals surface area (Å²) < 4.78 is 16.0. The molecule has 0 radical (unpaired) electrons. The summed E-state index contributed by atoms with van der Waals surface area (Å²) in [6.45, 7) is 2.30. The molecule has 0 aliphatic carbocycles. The number of methoxy groups -OCH3 is 2. The summed E-state index contributed by atoms with van der Waals surface area (Å²) in [5, 5.41) is 3.64. The first-order chi connectivity index (χ1) is 17.0. The Morgan fingerprint density at radius 3 is 2.40 bits per heavy atom. The van der Waals surface area contributed by atoms with Crippen LogP contribution in [0.25, 0.3) is 22.2 Å². The fraction of sp³-hybridized carbons (Fsp3) is 0.179. The lowest BCUT2D eigenvalue weighted by atomic mass is 10.0. The summed E-state index contributed by atoms with van der Waals surface area (Å²) in [6.07, 6.45) is 0.754. The van der Waals surface area contributed by atoms with E-state index < -0.39 is 0 Å². The van der Waals surface area contributed by atoms with E-state index in [0.717, 1.165) is 17.4 Å². The highest BCUT2D eigenvalue weighted by Crippen LogP contribution is 2.34. The molecule has 1 aromatic heterocycles. The molecule has 0 spiro atoms. The predicted molar refractivity (Wildman–Crippen MR) is 135 cm³/mol. The maximum atomic E-state index is 13.3. The molecule has 178 valence electrons. The number of fused-ring (bicyclic) bond motifs is 1. The van der Waals surface area contributed by atoms with Gasteiger partial charge in [-0.25, -0.2) is 9.78 Å². The number of nitrogens with zero attached hydrogens (tertiary/aromatic N) is 1. The predicted octanol–water partition coefficient (Wildman–Crippen LogP) is 5.74. The number of hydrogen-bond donors (Lipinski definition) is 1. The molecule has 0 aliphatic rings. The summed E-state index contributed by atoms with van der Waals surface area (Å²) >= 11 is 0. The van der Waals surface area contributed by atoms with Gasteiger partial charge >= 0.3 is 5.97 Å². The maximum Gasteiger partial charge on any atom is 0.338 e. The average Bonchev–Trinajstić information content (AvgIpc) is 2.91. The van der Waals surface area contributed by atoms with E-state index in [4.69, 9.17) is 19.2 Å². The number of benzene rings is 3. The molecule has 0 atom stereocenters. The second kappa shape index (κ2) is 10.7. The van der Waals surface area contributed by atoms with E-state index in [1.807, 2.05) is 43.3 Å². The summed E-state index contributed by atoms with van der Waals surface area (Å²) in [5.74, 6) is 0.567. The number of rotatable bonds is 8. The molecule has 0 fully saturated rings. The molecule has 7 nitrogen and oxygen atoms in total. The number of pyridine rings is 1. The minimum absolute atomic E-state index is 0.293. The van der Waals surface area contributed by atoms with E-state index in [0.29, 0.717) is 46.1 Å². The van der Waals surface area contributed by atoms with E-state index in [9.17, 15) is 9.59 Å². The first kappa shape index (κ1) is 23.8. The first-order valence-corrected chi connectivity index (χ1v) is 11.2. The van der Waals surface area contributed by atoms with E-state index in [1.54, 1.807) is 50.6 Å². The van der Waals surface area contributed by atoms with Crippen molar-refractivity contribution >= 4 is 28.5 Å². The SMILES string of the molecule is CCCOC(=O)c1ccc(NC(=O)c2cc(-c3ccc(OC)cc3OC)nc3ccccc23)cc1. The van der Waals surface area contributed by atoms with Gasteiger partial charge in [0.25, 0.3) is 5.91 Å². The normalized spacial score (nSPS) is 10.6. The average molecular weight is 471 g/mol. The van der Waals surface area contributed by atoms with Gasteiger partial charge in [-0.2, -0.15) is 0 Å². The van der Waals surface area contributed by atoms with Crippen LogP contribution in [-0.4, -0.2) is 37.7 Å². The van der Waals surface area contributed by atoms with Gasteiger partial charge in [-0.3, -0.25) is 4.79 Å². The standard InChI is InChI=1S/C28H26N2O5/c1-4-15-35-28(32)18-9-11-19(12-10-18)29-27(31)23-17-25(30-24-8-6-5-7-21(23)24)22-14-13-20(33-2)16-26(22)34-3/h5-14,16-17H,4,15H2,1-3H3,(H,29,31). The molecule has 1 amide bonds. The number of para-hydroxylation sites is 1. The summed E-state index contributed by atoms with van der Waals surface area (Å²) in [6, 6.07) is 21.3. The lowest BCUT2D eigenvalue weighted by molar-refractivity contribution is 0.0505. The van der Waals surface area contributed by atoms with Crippen molar-refractivity contribution < 1.29 is 23.8 Å². The maximum absolute atomic E-state index is 13.3. The van der Waals surface area contributed by atoms with Crippen LogP contribution in [0.15, 0.2) is 72.8 Å². The molecule has 0 aliphatic heterocycles. The Morgan fingerprint density at radius 1 is 0.914 bits per heavy atom. The van der Waals surface area contributed by atoms with Crippen molar-refractivity contribution in [3.8, 4) is 22.8 Å². The minimum atomic E-state index is -0.386. The Morgan fingerprint density at radius 2 is 1.69 bits per heavy atom. The van der Waals surface area contributed by atoms with Crippen LogP contribution in [0.4, 0.5) is 5.69 Å². The second-order valence-electron chi connectivity index (χ2n) is 7.81. The summed E-state index contributed by atoms with van der Waals surface area (Å²) in [7, 11) is 3.17. The molecule has 0 saturated heterocycles. The summed E-state index contributed by atoms with van der Waals surface area (Å²) in [5.41, 5.74) is 3.48. The number of carbonyl (C=O) groups excluding carboxylic acids is 2. The number of hydrogen-bond acceptors (Lipinski definition) is 6. The third-order valence-electron chi connectivity index (χ3n) is 5.46. The Hall–Kier alpha value is -4.39. The lowest BCUT2D eigenvalue weighted by Gasteiger charge is -2.13. The van der Waals surface area contributed by atoms with Crippen LogP contribution in [-0.2, 0) is 4.74 Å². The largest absolute Gasteiger partial charge is 0.497 e. The highest BCUT2D eigenvalue weighted by atomic mass is 16.5. The van der Waals surface area contributed by atoms with Crippen molar-refractivity contribution in [1.82, 2.24) is 4.98 Å². The molecule has 0 saturated carbocycles. The fourth-order valence-corrected chi connectivity index (χ4v) is 3.68. The third kappa shape index (κ3) is 5.24. The monoisotopic (exact) mass is 470 g/mol. The molecular weight excluding hydrogens is 444 g/mol. The Bertz CT molecular complexity index is 1370. The third-order valence-corrected chi connectivity index (χ3v) is 5.46. The van der Waals surface area contributed by atoms with Gasteiger partial charge in [-0.05, 0) is 55.0 Å². The van der Waals surface area contributed by atoms with E-state index >= 15 is 0 Å². The van der Waals surface area contributed by atoms with E-state index in [2.05, 4.69) is 5.32 Å². The lowest BCUT2D eigenvalue weighted by Crippen LogP contribution is -2.13. The van der Waals surface area contributed by atoms with Crippen molar-refractivity contribution in [2.45, 2.75) is 13.3 Å². The smallest absolute Gasteiger partial charge is 0.338 e. The number of aromatic nitrogens is 1. The number of carbonyl (C=O) groups is 2. The van der Waals surface area contributed by atoms with Crippen LogP contribution in [0.1, 0.15) is 34.1 Å². The van der Waals surface area contributed by atoms with Crippen molar-refractivity contribution in [2.24, 2.45) is 0 Å². The van der Waals surface area contributed by atoms with Gasteiger partial charge in [0.2, 0.25) is 0 Å². The van der Waals surface area contributed by atoms with Crippen LogP contribution in [0, 0.1) is 0 Å². The zero-order valence-corrected chi connectivity index (χ0v) is 19.8. The van der Waals surface area contributed by atoms with Crippen LogP contribution >= 0.6 is 0 Å². The Balaban J connectivity index is 1.67. The molecule has 4 aromatic rings. The molecular formula is C28H26N2O5. The topological polar surface area (TPSA) is 86.8 Å². The first-order valence-electron chi connectivity index (χ1n) is 11.2. The van der Waals surface area contributed by atoms with Crippen LogP contribution in [0.5, 0.6) is 11.5 Å². The van der Waals surface area contributed by atoms with Gasteiger partial charge in [0.1, 0.15) is 11.5 Å². The number of nitrogens with one attached hydrogen (secondary N) is 1. The number of anilines is 1. The second-order valence-corrected chi connectivity index (χ2v) is 7.81. The quantitative estimate of drug-likeness (QED) is 0.331. The highest BCUT2D eigenvalue weighted by Gasteiger charge is 2.17. The molecule has 7 heteroatoms. The number of ether oxygens (including phenoxy) is 3. The van der Waals surface area contributed by atoms with Crippen molar-refractivity contribution in [2.75, 3.05) is 26.1 Å². The van der Waals surface area contributed by atoms with Crippen LogP contribution in [0.2, 0.25) is 0 Å². The zero-order chi connectivity index (χ0) is 24.8. The van der Waals surface area contributed by atoms with Gasteiger partial charge in [0.15, 0.2) is 0 Å². The van der Waals surface area contributed by atoms with Gasteiger partial charge < -0.3 is 19.5 Å². The highest BCUT2D eigenvalue weighted by molar-refractivity contribution is 6.13. The van der Waals surface area contributed by atoms with E-state index in [-0.39, 0.29) is 11.9 Å². The fourth-order valence-electron chi connectivity index (χ4n) is 3.68. The molecule has 35 heavy (non-hydrogen) atoms. The molecule has 4 rings (SSSR count). The molecule has 3 aromatic carbocycles. The van der Waals surface area contributed by atoms with Gasteiger partial charge in [-0.15, -0.1) is 0 Å². The van der Waals surface area contributed by atoms with Crippen molar-refractivity contribution in [1.29, 1.82) is 0 Å². The van der Waals surface area contributed by atoms with Gasteiger partial charge in [0.05, 0.1) is 43.2 Å². The molecule has 1 N–H and O–H groups in total. The van der Waals surface area contributed by atoms with Gasteiger partial charge in [0, 0.05) is 22.7 Å². The molecule has 1 heterocycles. The van der Waals surface area contributed by atoms with Crippen molar-refractivity contribution in [3.63, 3.8) is 0 Å². The van der Waals surface area contributed by atoms with Crippen LogP contribution in [0.3, 0.4) is 0 Å². The van der Waals surface area contributed by atoms with Crippen molar-refractivity contribution in [3.05, 3.63) is 83.9 Å². The van der Waals surface area contributed by atoms with Gasteiger partial charge in [-0.1, -0.05) is 25.1 Å². The minimum Gasteiger partial charge on any atom is -0.497 e.